The third-order valence-electron chi connectivity index (χ3n) is 2.36. The fourth-order valence-corrected chi connectivity index (χ4v) is 2.43. The van der Waals surface area contributed by atoms with E-state index in [9.17, 15) is 4.39 Å². The first kappa shape index (κ1) is 14.1. The van der Waals surface area contributed by atoms with Gasteiger partial charge in [-0.2, -0.15) is 5.26 Å². The minimum atomic E-state index is -0.644. The molecule has 6 heteroatoms. The van der Waals surface area contributed by atoms with E-state index in [1.807, 2.05) is 6.07 Å². The Bertz CT molecular complexity index is 660. The Labute approximate surface area is 127 Å². The van der Waals surface area contributed by atoms with Crippen molar-refractivity contribution in [3.63, 3.8) is 0 Å². The van der Waals surface area contributed by atoms with E-state index in [0.29, 0.717) is 15.7 Å². The molecule has 0 saturated carbocycles. The van der Waals surface area contributed by atoms with Gasteiger partial charge < -0.3 is 5.32 Å². The number of rotatable bonds is 2. The van der Waals surface area contributed by atoms with Gasteiger partial charge in [0, 0.05) is 15.8 Å². The molecule has 0 heterocycles. The Morgan fingerprint density at radius 3 is 2.26 bits per heavy atom. The predicted octanol–water partition coefficient (Wildman–Crippen LogP) is 5.51. The van der Waals surface area contributed by atoms with Gasteiger partial charge in [-0.3, -0.25) is 0 Å². The third-order valence-corrected chi connectivity index (χ3v) is 3.57. The molecule has 19 heavy (non-hydrogen) atoms. The summed E-state index contributed by atoms with van der Waals surface area (Å²) in [7, 11) is 0. The zero-order valence-electron chi connectivity index (χ0n) is 9.35. The molecule has 1 N–H and O–H groups in total. The number of hydrogen-bond acceptors (Lipinski definition) is 2. The molecule has 0 fully saturated rings. The predicted molar refractivity (Wildman–Crippen MR) is 78.6 cm³/mol. The van der Waals surface area contributed by atoms with Crippen molar-refractivity contribution in [1.82, 2.24) is 0 Å². The second-order valence-corrected chi connectivity index (χ2v) is 5.35. The Hall–Kier alpha value is -1.28. The molecule has 0 bridgehead atoms. The SMILES string of the molecule is N#Cc1ccc(Nc2cc(Cl)c(F)c(Cl)c2)cc1Br. The van der Waals surface area contributed by atoms with Gasteiger partial charge in [0.25, 0.3) is 0 Å². The summed E-state index contributed by atoms with van der Waals surface area (Å²) in [6.07, 6.45) is 0. The zero-order chi connectivity index (χ0) is 14.0. The Morgan fingerprint density at radius 2 is 1.74 bits per heavy atom. The lowest BCUT2D eigenvalue weighted by Crippen LogP contribution is -1.92. The maximum absolute atomic E-state index is 13.3. The van der Waals surface area contributed by atoms with Crippen molar-refractivity contribution in [2.45, 2.75) is 0 Å². The number of nitrogens with one attached hydrogen (secondary N) is 1. The lowest BCUT2D eigenvalue weighted by atomic mass is 10.2. The van der Waals surface area contributed by atoms with Crippen LogP contribution in [-0.2, 0) is 0 Å². The number of hydrogen-bond donors (Lipinski definition) is 1. The Balaban J connectivity index is 2.32. The fourth-order valence-electron chi connectivity index (χ4n) is 1.48. The van der Waals surface area contributed by atoms with E-state index in [-0.39, 0.29) is 10.0 Å². The van der Waals surface area contributed by atoms with Crippen LogP contribution in [0.2, 0.25) is 10.0 Å². The molecule has 0 spiro atoms. The van der Waals surface area contributed by atoms with Crippen molar-refractivity contribution >= 4 is 50.5 Å². The van der Waals surface area contributed by atoms with E-state index >= 15 is 0 Å². The van der Waals surface area contributed by atoms with Crippen LogP contribution in [0.15, 0.2) is 34.8 Å². The average molecular weight is 360 g/mol. The molecule has 0 aromatic heterocycles. The van der Waals surface area contributed by atoms with Crippen LogP contribution in [0.4, 0.5) is 15.8 Å². The van der Waals surface area contributed by atoms with Crippen molar-refractivity contribution in [2.75, 3.05) is 5.32 Å². The molecule has 2 nitrogen and oxygen atoms in total. The molecule has 2 aromatic rings. The average Bonchev–Trinajstić information content (AvgIpc) is 2.36. The Morgan fingerprint density at radius 1 is 1.11 bits per heavy atom. The highest BCUT2D eigenvalue weighted by molar-refractivity contribution is 9.10. The first-order chi connectivity index (χ1) is 9.01. The topological polar surface area (TPSA) is 35.8 Å². The van der Waals surface area contributed by atoms with Crippen LogP contribution in [0.3, 0.4) is 0 Å². The fraction of sp³-hybridized carbons (Fsp3) is 0. The molecule has 2 rings (SSSR count). The maximum Gasteiger partial charge on any atom is 0.160 e. The van der Waals surface area contributed by atoms with Crippen molar-refractivity contribution in [2.24, 2.45) is 0 Å². The molecule has 0 aliphatic carbocycles. The van der Waals surface area contributed by atoms with Crippen LogP contribution < -0.4 is 5.32 Å². The molecule has 0 aliphatic rings. The van der Waals surface area contributed by atoms with Gasteiger partial charge in [-0.05, 0) is 46.3 Å². The molecule has 0 radical (unpaired) electrons. The summed E-state index contributed by atoms with van der Waals surface area (Å²) in [5.74, 6) is -0.644. The third kappa shape index (κ3) is 3.19. The van der Waals surface area contributed by atoms with Crippen molar-refractivity contribution < 1.29 is 4.39 Å². The van der Waals surface area contributed by atoms with Gasteiger partial charge in [0.1, 0.15) is 6.07 Å². The van der Waals surface area contributed by atoms with Crippen LogP contribution in [0.1, 0.15) is 5.56 Å². The summed E-state index contributed by atoms with van der Waals surface area (Å²) in [6, 6.07) is 10.1. The number of benzene rings is 2. The highest BCUT2D eigenvalue weighted by Crippen LogP contribution is 2.30. The normalized spacial score (nSPS) is 10.1. The van der Waals surface area contributed by atoms with E-state index in [1.165, 1.54) is 12.1 Å². The summed E-state index contributed by atoms with van der Waals surface area (Å²) < 4.78 is 13.9. The zero-order valence-corrected chi connectivity index (χ0v) is 12.4. The molecular weight excluding hydrogens is 354 g/mol. The number of halogens is 4. The molecule has 0 saturated heterocycles. The summed E-state index contributed by atoms with van der Waals surface area (Å²) in [6.45, 7) is 0. The van der Waals surface area contributed by atoms with Crippen molar-refractivity contribution in [3.8, 4) is 6.07 Å². The van der Waals surface area contributed by atoms with E-state index in [0.717, 1.165) is 5.69 Å². The minimum absolute atomic E-state index is 0.0530. The first-order valence-corrected chi connectivity index (χ1v) is 6.67. The number of nitriles is 1. The van der Waals surface area contributed by atoms with E-state index in [2.05, 4.69) is 21.2 Å². The molecule has 0 aliphatic heterocycles. The smallest absolute Gasteiger partial charge is 0.160 e. The number of anilines is 2. The molecule has 0 amide bonds. The highest BCUT2D eigenvalue weighted by Gasteiger charge is 2.08. The molecule has 96 valence electrons. The van der Waals surface area contributed by atoms with Crippen LogP contribution >= 0.6 is 39.1 Å². The van der Waals surface area contributed by atoms with Gasteiger partial charge in [0.2, 0.25) is 0 Å². The van der Waals surface area contributed by atoms with Crippen LogP contribution in [0.5, 0.6) is 0 Å². The van der Waals surface area contributed by atoms with Crippen molar-refractivity contribution in [1.29, 1.82) is 5.26 Å². The van der Waals surface area contributed by atoms with Gasteiger partial charge in [-0.25, -0.2) is 4.39 Å². The second-order valence-electron chi connectivity index (χ2n) is 3.69. The standard InChI is InChI=1S/C13H6BrCl2FN2/c14-10-3-8(2-1-7(10)6-18)19-9-4-11(15)13(17)12(16)5-9/h1-5,19H. The lowest BCUT2D eigenvalue weighted by molar-refractivity contribution is 0.629. The van der Waals surface area contributed by atoms with Crippen LogP contribution in [0, 0.1) is 17.1 Å². The van der Waals surface area contributed by atoms with Crippen LogP contribution in [-0.4, -0.2) is 0 Å². The molecular formula is C13H6BrCl2FN2. The Kier molecular flexibility index (Phi) is 4.31. The van der Waals surface area contributed by atoms with E-state index in [1.54, 1.807) is 18.2 Å². The summed E-state index contributed by atoms with van der Waals surface area (Å²) in [5, 5.41) is 11.7. The lowest BCUT2D eigenvalue weighted by Gasteiger charge is -2.09. The van der Waals surface area contributed by atoms with Gasteiger partial charge in [0.05, 0.1) is 15.6 Å². The van der Waals surface area contributed by atoms with Crippen LogP contribution in [0.25, 0.3) is 0 Å². The first-order valence-electron chi connectivity index (χ1n) is 5.12. The van der Waals surface area contributed by atoms with E-state index in [4.69, 9.17) is 28.5 Å². The largest absolute Gasteiger partial charge is 0.355 e. The minimum Gasteiger partial charge on any atom is -0.355 e. The van der Waals surface area contributed by atoms with Gasteiger partial charge in [-0.1, -0.05) is 23.2 Å². The number of nitrogens with zero attached hydrogens (tertiary/aromatic N) is 1. The molecule has 0 unspecified atom stereocenters. The quantitative estimate of drug-likeness (QED) is 0.717. The van der Waals surface area contributed by atoms with E-state index < -0.39 is 5.82 Å². The summed E-state index contributed by atoms with van der Waals surface area (Å²) >= 11 is 14.7. The van der Waals surface area contributed by atoms with Gasteiger partial charge in [0.15, 0.2) is 5.82 Å². The summed E-state index contributed by atoms with van der Waals surface area (Å²) in [4.78, 5) is 0. The summed E-state index contributed by atoms with van der Waals surface area (Å²) in [5.41, 5.74) is 1.82. The molecule has 0 atom stereocenters. The van der Waals surface area contributed by atoms with Gasteiger partial charge >= 0.3 is 0 Å². The monoisotopic (exact) mass is 358 g/mol. The highest BCUT2D eigenvalue weighted by atomic mass is 79.9. The maximum atomic E-state index is 13.3. The van der Waals surface area contributed by atoms with Crippen molar-refractivity contribution in [3.05, 3.63) is 56.2 Å². The molecule has 2 aromatic carbocycles. The van der Waals surface area contributed by atoms with Gasteiger partial charge in [-0.15, -0.1) is 0 Å². The second kappa shape index (κ2) is 5.79.